The highest BCUT2D eigenvalue weighted by Gasteiger charge is 2.33. The quantitative estimate of drug-likeness (QED) is 0.572. The molecule has 1 N–H and O–H groups in total. The molecule has 2 fully saturated rings. The first-order valence-electron chi connectivity index (χ1n) is 10.2. The number of hydrogen-bond donors (Lipinski definition) is 1. The summed E-state index contributed by atoms with van der Waals surface area (Å²) < 4.78 is 20.7. The number of rotatable bonds is 6. The van der Waals surface area contributed by atoms with E-state index in [1.165, 1.54) is 12.1 Å². The van der Waals surface area contributed by atoms with Gasteiger partial charge in [0.25, 0.3) is 0 Å². The Hall–Kier alpha value is -1.82. The number of halogens is 3. The molecule has 2 aliphatic rings. The molecule has 2 aromatic carbocycles. The Bertz CT molecular complexity index is 943. The highest BCUT2D eigenvalue weighted by Crippen LogP contribution is 2.45. The summed E-state index contributed by atoms with van der Waals surface area (Å²) in [4.78, 5) is 13.6. The predicted octanol–water partition coefficient (Wildman–Crippen LogP) is 6.14. The van der Waals surface area contributed by atoms with E-state index in [2.05, 4.69) is 11.8 Å². The van der Waals surface area contributed by atoms with Gasteiger partial charge in [-0.25, -0.2) is 9.18 Å². The smallest absolute Gasteiger partial charge is 0.338 e. The van der Waals surface area contributed by atoms with E-state index >= 15 is 0 Å². The molecule has 2 atom stereocenters. The van der Waals surface area contributed by atoms with Gasteiger partial charge in [0.15, 0.2) is 0 Å². The van der Waals surface area contributed by atoms with Crippen LogP contribution in [0.3, 0.4) is 0 Å². The van der Waals surface area contributed by atoms with Crippen LogP contribution in [0.4, 0.5) is 4.39 Å². The molecule has 7 heteroatoms. The molecule has 0 aromatic heterocycles. The van der Waals surface area contributed by atoms with Gasteiger partial charge in [0, 0.05) is 28.7 Å². The summed E-state index contributed by atoms with van der Waals surface area (Å²) in [5.74, 6) is -1.28. The second kappa shape index (κ2) is 8.74. The highest BCUT2D eigenvalue weighted by molar-refractivity contribution is 6.34. The van der Waals surface area contributed by atoms with Crippen LogP contribution in [0.25, 0.3) is 0 Å². The number of carbonyl (C=O) groups is 1. The van der Waals surface area contributed by atoms with Gasteiger partial charge in [0.05, 0.1) is 5.56 Å². The third kappa shape index (κ3) is 4.74. The van der Waals surface area contributed by atoms with Crippen molar-refractivity contribution in [1.82, 2.24) is 4.90 Å². The number of ether oxygens (including phenoxy) is 1. The molecule has 0 unspecified atom stereocenters. The van der Waals surface area contributed by atoms with E-state index < -0.39 is 11.8 Å². The van der Waals surface area contributed by atoms with Crippen molar-refractivity contribution in [3.63, 3.8) is 0 Å². The van der Waals surface area contributed by atoms with E-state index in [0.717, 1.165) is 43.4 Å². The van der Waals surface area contributed by atoms with Gasteiger partial charge >= 0.3 is 5.97 Å². The molecule has 30 heavy (non-hydrogen) atoms. The zero-order chi connectivity index (χ0) is 21.4. The second-order valence-corrected chi connectivity index (χ2v) is 9.11. The first kappa shape index (κ1) is 21.4. The molecule has 0 amide bonds. The van der Waals surface area contributed by atoms with Crippen molar-refractivity contribution in [3.8, 4) is 5.75 Å². The van der Waals surface area contributed by atoms with Crippen LogP contribution in [0.1, 0.15) is 60.0 Å². The number of carboxylic acids is 1. The number of nitrogens with zero attached hydrogens (tertiary/aromatic N) is 1. The topological polar surface area (TPSA) is 49.8 Å². The van der Waals surface area contributed by atoms with Crippen LogP contribution >= 0.6 is 23.2 Å². The maximum atomic E-state index is 14.4. The molecule has 0 radical (unpaired) electrons. The summed E-state index contributed by atoms with van der Waals surface area (Å²) in [6.07, 6.45) is 3.66. The molecule has 1 aliphatic carbocycles. The van der Waals surface area contributed by atoms with E-state index in [-0.39, 0.29) is 23.6 Å². The van der Waals surface area contributed by atoms with Crippen LogP contribution in [0, 0.1) is 5.82 Å². The van der Waals surface area contributed by atoms with Crippen molar-refractivity contribution < 1.29 is 19.0 Å². The largest absolute Gasteiger partial charge is 0.488 e. The number of likely N-dealkylation sites (tertiary alicyclic amines) is 1. The van der Waals surface area contributed by atoms with Crippen LogP contribution in [0.2, 0.25) is 10.0 Å². The minimum atomic E-state index is -1.25. The third-order valence-corrected chi connectivity index (χ3v) is 6.42. The van der Waals surface area contributed by atoms with Gasteiger partial charge < -0.3 is 9.84 Å². The molecule has 1 saturated carbocycles. The summed E-state index contributed by atoms with van der Waals surface area (Å²) in [5.41, 5.74) is 1.55. The molecule has 0 bridgehead atoms. The zero-order valence-corrected chi connectivity index (χ0v) is 18.2. The fourth-order valence-electron chi connectivity index (χ4n) is 4.21. The molecule has 4 rings (SSSR count). The van der Waals surface area contributed by atoms with Crippen LogP contribution in [0.5, 0.6) is 5.75 Å². The summed E-state index contributed by atoms with van der Waals surface area (Å²) in [7, 11) is 0. The Kier molecular flexibility index (Phi) is 6.24. The standard InChI is InChI=1S/C23H24Cl2FNO3/c1-13-21(3-2-6-27(13)12-14-7-16(24)9-17(25)8-14)30-22-11-20(26)19(23(28)29)10-18(22)15-4-5-15/h7-11,13,15,21H,2-6,12H2,1H3,(H,28,29)/t13-,21+/m0/s1. The van der Waals surface area contributed by atoms with Gasteiger partial charge in [-0.1, -0.05) is 23.2 Å². The maximum Gasteiger partial charge on any atom is 0.338 e. The summed E-state index contributed by atoms with van der Waals surface area (Å²) in [6, 6.07) is 8.34. The average Bonchev–Trinajstić information content (AvgIpc) is 3.49. The molecular weight excluding hydrogens is 428 g/mol. The highest BCUT2D eigenvalue weighted by atomic mass is 35.5. The lowest BCUT2D eigenvalue weighted by Crippen LogP contribution is -2.48. The Morgan fingerprint density at radius 1 is 1.17 bits per heavy atom. The van der Waals surface area contributed by atoms with Gasteiger partial charge in [-0.2, -0.15) is 0 Å². The lowest BCUT2D eigenvalue weighted by atomic mass is 9.98. The molecule has 2 aromatic rings. The molecule has 1 aliphatic heterocycles. The SMILES string of the molecule is C[C@H]1[C@H](Oc2cc(F)c(C(=O)O)cc2C2CC2)CCCN1Cc1cc(Cl)cc(Cl)c1. The molecule has 0 spiro atoms. The number of aromatic carboxylic acids is 1. The van der Waals surface area contributed by atoms with E-state index in [1.54, 1.807) is 6.07 Å². The van der Waals surface area contributed by atoms with Crippen LogP contribution < -0.4 is 4.74 Å². The first-order chi connectivity index (χ1) is 14.3. The van der Waals surface area contributed by atoms with Crippen molar-refractivity contribution in [2.75, 3.05) is 6.54 Å². The molecular formula is C23H24Cl2FNO3. The second-order valence-electron chi connectivity index (χ2n) is 8.24. The normalized spacial score (nSPS) is 22.1. The molecule has 1 heterocycles. The fraction of sp³-hybridized carbons (Fsp3) is 0.435. The minimum absolute atomic E-state index is 0.103. The van der Waals surface area contributed by atoms with Gasteiger partial charge in [-0.15, -0.1) is 0 Å². The molecule has 4 nitrogen and oxygen atoms in total. The summed E-state index contributed by atoms with van der Waals surface area (Å²) in [5, 5.41) is 10.5. The van der Waals surface area contributed by atoms with Gasteiger partial charge in [0.2, 0.25) is 0 Å². The Labute approximate surface area is 185 Å². The predicted molar refractivity (Wildman–Crippen MR) is 115 cm³/mol. The Morgan fingerprint density at radius 3 is 2.50 bits per heavy atom. The van der Waals surface area contributed by atoms with Crippen molar-refractivity contribution in [2.45, 2.75) is 57.2 Å². The van der Waals surface area contributed by atoms with E-state index in [0.29, 0.717) is 22.3 Å². The van der Waals surface area contributed by atoms with E-state index in [4.69, 9.17) is 27.9 Å². The third-order valence-electron chi connectivity index (χ3n) is 5.98. The van der Waals surface area contributed by atoms with Crippen molar-refractivity contribution in [1.29, 1.82) is 0 Å². The first-order valence-corrected chi connectivity index (χ1v) is 11.0. The van der Waals surface area contributed by atoms with Crippen LogP contribution in [0.15, 0.2) is 30.3 Å². The summed E-state index contributed by atoms with van der Waals surface area (Å²) >= 11 is 12.3. The Morgan fingerprint density at radius 2 is 1.87 bits per heavy atom. The van der Waals surface area contributed by atoms with Crippen molar-refractivity contribution >= 4 is 29.2 Å². The monoisotopic (exact) mass is 451 g/mol. The lowest BCUT2D eigenvalue weighted by Gasteiger charge is -2.39. The average molecular weight is 452 g/mol. The van der Waals surface area contributed by atoms with Gasteiger partial charge in [0.1, 0.15) is 17.7 Å². The van der Waals surface area contributed by atoms with Crippen molar-refractivity contribution in [2.24, 2.45) is 0 Å². The maximum absolute atomic E-state index is 14.4. The Balaban J connectivity index is 1.53. The van der Waals surface area contributed by atoms with E-state index in [9.17, 15) is 14.3 Å². The van der Waals surface area contributed by atoms with Gasteiger partial charge in [-0.05, 0) is 80.5 Å². The molecule has 1 saturated heterocycles. The summed E-state index contributed by atoms with van der Waals surface area (Å²) in [6.45, 7) is 3.73. The fourth-order valence-corrected chi connectivity index (χ4v) is 4.78. The number of benzene rings is 2. The van der Waals surface area contributed by atoms with Crippen LogP contribution in [-0.4, -0.2) is 34.7 Å². The van der Waals surface area contributed by atoms with Crippen LogP contribution in [-0.2, 0) is 6.54 Å². The van der Waals surface area contributed by atoms with Gasteiger partial charge in [-0.3, -0.25) is 4.90 Å². The minimum Gasteiger partial charge on any atom is -0.488 e. The lowest BCUT2D eigenvalue weighted by molar-refractivity contribution is 0.0307. The van der Waals surface area contributed by atoms with E-state index in [1.807, 2.05) is 12.1 Å². The number of piperidine rings is 1. The van der Waals surface area contributed by atoms with Crippen molar-refractivity contribution in [3.05, 3.63) is 62.9 Å². The number of hydrogen-bond acceptors (Lipinski definition) is 3. The molecule has 160 valence electrons. The number of carboxylic acid groups (broad SMARTS) is 1. The zero-order valence-electron chi connectivity index (χ0n) is 16.7.